The lowest BCUT2D eigenvalue weighted by Crippen LogP contribution is -2.26. The van der Waals surface area contributed by atoms with Crippen LogP contribution in [0.4, 0.5) is 28.4 Å². The van der Waals surface area contributed by atoms with E-state index in [1.807, 2.05) is 91.0 Å². The predicted octanol–water partition coefficient (Wildman–Crippen LogP) is 5.85. The Labute approximate surface area is 176 Å². The Morgan fingerprint density at radius 1 is 0.700 bits per heavy atom. The van der Waals surface area contributed by atoms with E-state index < -0.39 is 0 Å². The normalized spacial score (nSPS) is 10.3. The molecule has 0 aliphatic heterocycles. The molecule has 1 amide bonds. The van der Waals surface area contributed by atoms with Crippen LogP contribution in [0.25, 0.3) is 0 Å². The summed E-state index contributed by atoms with van der Waals surface area (Å²) >= 11 is 0. The molecule has 3 aromatic carbocycles. The highest BCUT2D eigenvalue weighted by atomic mass is 16.2. The van der Waals surface area contributed by atoms with Crippen molar-refractivity contribution in [1.29, 1.82) is 0 Å². The first kappa shape index (κ1) is 19.2. The Balaban J connectivity index is 1.46. The summed E-state index contributed by atoms with van der Waals surface area (Å²) in [6.07, 6.45) is 3.46. The molecule has 0 atom stereocenters. The van der Waals surface area contributed by atoms with Crippen molar-refractivity contribution in [2.24, 2.45) is 0 Å². The minimum absolute atomic E-state index is 0.0673. The molecule has 5 nitrogen and oxygen atoms in total. The van der Waals surface area contributed by atoms with E-state index in [1.165, 1.54) is 0 Å². The number of carbonyl (C=O) groups is 1. The minimum Gasteiger partial charge on any atom is -0.355 e. The number of pyridine rings is 1. The van der Waals surface area contributed by atoms with Crippen LogP contribution in [0.2, 0.25) is 0 Å². The Kier molecular flexibility index (Phi) is 5.71. The summed E-state index contributed by atoms with van der Waals surface area (Å²) in [5.74, 6) is -0.0673. The Morgan fingerprint density at radius 2 is 1.30 bits per heavy atom. The molecule has 0 bridgehead atoms. The smallest absolute Gasteiger partial charge is 0.258 e. The van der Waals surface area contributed by atoms with Gasteiger partial charge in [0.05, 0.1) is 0 Å². The van der Waals surface area contributed by atoms with Gasteiger partial charge in [0.15, 0.2) is 0 Å². The number of nitrogens with zero attached hydrogens (tertiary/aromatic N) is 2. The van der Waals surface area contributed by atoms with Gasteiger partial charge in [0, 0.05) is 53.4 Å². The maximum atomic E-state index is 13.0. The molecule has 30 heavy (non-hydrogen) atoms. The van der Waals surface area contributed by atoms with Crippen LogP contribution < -0.4 is 15.5 Å². The topological polar surface area (TPSA) is 57.3 Å². The van der Waals surface area contributed by atoms with Gasteiger partial charge in [0.25, 0.3) is 5.91 Å². The molecular weight excluding hydrogens is 372 g/mol. The zero-order valence-corrected chi connectivity index (χ0v) is 16.6. The van der Waals surface area contributed by atoms with Crippen LogP contribution in [0.1, 0.15) is 10.4 Å². The maximum Gasteiger partial charge on any atom is 0.258 e. The molecule has 2 N–H and O–H groups in total. The number of aromatic nitrogens is 1. The quantitative estimate of drug-likeness (QED) is 0.431. The molecule has 0 radical (unpaired) electrons. The highest BCUT2D eigenvalue weighted by Crippen LogP contribution is 2.24. The molecular formula is C25H22N4O. The molecule has 0 aliphatic rings. The van der Waals surface area contributed by atoms with Crippen LogP contribution >= 0.6 is 0 Å². The van der Waals surface area contributed by atoms with Gasteiger partial charge >= 0.3 is 0 Å². The third-order valence-electron chi connectivity index (χ3n) is 4.70. The molecule has 0 saturated carbocycles. The maximum absolute atomic E-state index is 13.0. The number of hydrogen-bond donors (Lipinski definition) is 2. The average molecular weight is 394 g/mol. The van der Waals surface area contributed by atoms with Gasteiger partial charge < -0.3 is 15.5 Å². The first-order valence-corrected chi connectivity index (χ1v) is 9.66. The molecule has 4 rings (SSSR count). The Morgan fingerprint density at radius 3 is 2.03 bits per heavy atom. The average Bonchev–Trinajstić information content (AvgIpc) is 2.80. The van der Waals surface area contributed by atoms with Crippen molar-refractivity contribution in [3.8, 4) is 0 Å². The van der Waals surface area contributed by atoms with Crippen molar-refractivity contribution in [1.82, 2.24) is 4.98 Å². The fourth-order valence-electron chi connectivity index (χ4n) is 3.09. The first-order chi connectivity index (χ1) is 14.7. The lowest BCUT2D eigenvalue weighted by atomic mass is 10.1. The number of rotatable bonds is 6. The Bertz CT molecular complexity index is 1110. The van der Waals surface area contributed by atoms with E-state index in [2.05, 4.69) is 15.6 Å². The van der Waals surface area contributed by atoms with Gasteiger partial charge in [-0.3, -0.25) is 9.78 Å². The molecule has 0 fully saturated rings. The van der Waals surface area contributed by atoms with Crippen LogP contribution in [-0.2, 0) is 0 Å². The molecule has 5 heteroatoms. The number of anilines is 5. The molecule has 148 valence electrons. The number of para-hydroxylation sites is 1. The van der Waals surface area contributed by atoms with Crippen LogP contribution in [0, 0.1) is 0 Å². The van der Waals surface area contributed by atoms with E-state index in [0.717, 1.165) is 28.4 Å². The third-order valence-corrected chi connectivity index (χ3v) is 4.70. The monoisotopic (exact) mass is 394 g/mol. The number of hydrogen-bond acceptors (Lipinski definition) is 4. The van der Waals surface area contributed by atoms with Gasteiger partial charge in [-0.15, -0.1) is 0 Å². The number of carbonyl (C=O) groups excluding carboxylic acids is 1. The zero-order chi connectivity index (χ0) is 20.8. The molecule has 1 aromatic heterocycles. The van der Waals surface area contributed by atoms with E-state index in [-0.39, 0.29) is 5.91 Å². The van der Waals surface area contributed by atoms with Gasteiger partial charge in [-0.2, -0.15) is 0 Å². The van der Waals surface area contributed by atoms with Crippen LogP contribution in [0.15, 0.2) is 103 Å². The largest absolute Gasteiger partial charge is 0.355 e. The van der Waals surface area contributed by atoms with Gasteiger partial charge in [0.2, 0.25) is 0 Å². The third kappa shape index (κ3) is 4.64. The van der Waals surface area contributed by atoms with Crippen molar-refractivity contribution in [2.75, 3.05) is 22.6 Å². The van der Waals surface area contributed by atoms with E-state index >= 15 is 0 Å². The summed E-state index contributed by atoms with van der Waals surface area (Å²) in [5.41, 5.74) is 5.23. The second-order valence-electron chi connectivity index (χ2n) is 6.84. The minimum atomic E-state index is -0.0673. The summed E-state index contributed by atoms with van der Waals surface area (Å²) in [5, 5.41) is 6.65. The van der Waals surface area contributed by atoms with E-state index in [0.29, 0.717) is 5.56 Å². The number of nitrogens with one attached hydrogen (secondary N) is 2. The number of benzene rings is 3. The zero-order valence-electron chi connectivity index (χ0n) is 16.6. The SMILES string of the molecule is CN(C(=O)c1ccc(Nc2ccncc2)cc1)c1cccc(Nc2ccccc2)c1. The predicted molar refractivity (Wildman–Crippen MR) is 123 cm³/mol. The van der Waals surface area contributed by atoms with E-state index in [9.17, 15) is 4.79 Å². The van der Waals surface area contributed by atoms with Crippen molar-refractivity contribution >= 4 is 34.3 Å². The molecule has 0 unspecified atom stereocenters. The van der Waals surface area contributed by atoms with Crippen molar-refractivity contribution in [3.63, 3.8) is 0 Å². The molecule has 4 aromatic rings. The van der Waals surface area contributed by atoms with Crippen molar-refractivity contribution in [3.05, 3.63) is 109 Å². The second kappa shape index (κ2) is 8.92. The van der Waals surface area contributed by atoms with Gasteiger partial charge in [-0.1, -0.05) is 24.3 Å². The molecule has 1 heterocycles. The lowest BCUT2D eigenvalue weighted by Gasteiger charge is -2.19. The highest BCUT2D eigenvalue weighted by molar-refractivity contribution is 6.06. The van der Waals surface area contributed by atoms with Crippen molar-refractivity contribution in [2.45, 2.75) is 0 Å². The van der Waals surface area contributed by atoms with E-state index in [1.54, 1.807) is 24.3 Å². The summed E-state index contributed by atoms with van der Waals surface area (Å²) in [7, 11) is 1.78. The van der Waals surface area contributed by atoms with E-state index in [4.69, 9.17) is 0 Å². The van der Waals surface area contributed by atoms with Gasteiger partial charge in [-0.25, -0.2) is 0 Å². The van der Waals surface area contributed by atoms with Crippen LogP contribution in [0.5, 0.6) is 0 Å². The van der Waals surface area contributed by atoms with Crippen molar-refractivity contribution < 1.29 is 4.79 Å². The lowest BCUT2D eigenvalue weighted by molar-refractivity contribution is 0.0993. The second-order valence-corrected chi connectivity index (χ2v) is 6.84. The summed E-state index contributed by atoms with van der Waals surface area (Å²) in [6.45, 7) is 0. The standard InChI is InChI=1S/C25H22N4O/c1-29(24-9-5-8-23(18-24)28-20-6-3-2-4-7-20)25(30)19-10-12-21(13-11-19)27-22-14-16-26-17-15-22/h2-18,28H,1H3,(H,26,27). The summed E-state index contributed by atoms with van der Waals surface area (Å²) in [4.78, 5) is 18.6. The van der Waals surface area contributed by atoms with Gasteiger partial charge in [0.1, 0.15) is 0 Å². The fourth-order valence-corrected chi connectivity index (χ4v) is 3.09. The molecule has 0 spiro atoms. The molecule has 0 saturated heterocycles. The summed E-state index contributed by atoms with van der Waals surface area (Å²) < 4.78 is 0. The molecule has 0 aliphatic carbocycles. The van der Waals surface area contributed by atoms with Crippen LogP contribution in [0.3, 0.4) is 0 Å². The first-order valence-electron chi connectivity index (χ1n) is 9.66. The highest BCUT2D eigenvalue weighted by Gasteiger charge is 2.14. The summed E-state index contributed by atoms with van der Waals surface area (Å²) in [6, 6.07) is 29.0. The number of amides is 1. The Hall–Kier alpha value is -4.12. The van der Waals surface area contributed by atoms with Crippen LogP contribution in [-0.4, -0.2) is 17.9 Å². The van der Waals surface area contributed by atoms with Gasteiger partial charge in [-0.05, 0) is 66.7 Å². The fraction of sp³-hybridized carbons (Fsp3) is 0.0400.